The van der Waals surface area contributed by atoms with Crippen molar-refractivity contribution >= 4 is 23.0 Å². The summed E-state index contributed by atoms with van der Waals surface area (Å²) in [6.07, 6.45) is 19.5. The third-order valence-corrected chi connectivity index (χ3v) is 6.27. The molecule has 2 rings (SSSR count). The first-order chi connectivity index (χ1) is 17.7. The minimum absolute atomic E-state index is 0.144. The van der Waals surface area contributed by atoms with Gasteiger partial charge >= 0.3 is 5.69 Å². The van der Waals surface area contributed by atoms with Gasteiger partial charge in [0.2, 0.25) is 11.6 Å². The Morgan fingerprint density at radius 3 is 1.94 bits per heavy atom. The molecule has 0 atom stereocenters. The van der Waals surface area contributed by atoms with Gasteiger partial charge in [-0.25, -0.2) is 9.97 Å². The van der Waals surface area contributed by atoms with Gasteiger partial charge in [-0.3, -0.25) is 10.1 Å². The van der Waals surface area contributed by atoms with Crippen LogP contribution >= 0.6 is 0 Å². The van der Waals surface area contributed by atoms with Crippen LogP contribution in [0.25, 0.3) is 0 Å². The molecule has 8 nitrogen and oxygen atoms in total. The maximum atomic E-state index is 11.8. The first kappa shape index (κ1) is 29.3. The molecule has 8 heteroatoms. The molecule has 2 aromatic rings. The highest BCUT2D eigenvalue weighted by atomic mass is 16.6. The number of hydrogen-bond donors (Lipinski definition) is 2. The molecule has 1 aromatic heterocycles. The second-order valence-corrected chi connectivity index (χ2v) is 9.25. The second kappa shape index (κ2) is 18.4. The monoisotopic (exact) mass is 499 g/mol. The van der Waals surface area contributed by atoms with Gasteiger partial charge in [0.25, 0.3) is 0 Å². The smallest absolute Gasteiger partial charge is 0.353 e. The highest BCUT2D eigenvalue weighted by molar-refractivity contribution is 5.75. The van der Waals surface area contributed by atoms with E-state index in [1.165, 1.54) is 83.4 Å². The fourth-order valence-electron chi connectivity index (χ4n) is 4.28. The minimum atomic E-state index is -0.445. The van der Waals surface area contributed by atoms with Crippen LogP contribution in [0.15, 0.2) is 30.6 Å². The number of benzene rings is 1. The molecule has 0 saturated heterocycles. The van der Waals surface area contributed by atoms with Gasteiger partial charge in [-0.2, -0.15) is 0 Å². The molecule has 0 saturated carbocycles. The Hall–Kier alpha value is -2.90. The maximum Gasteiger partial charge on any atom is 0.353 e. The van der Waals surface area contributed by atoms with E-state index in [4.69, 9.17) is 4.74 Å². The number of nitrogens with zero attached hydrogens (tertiary/aromatic N) is 3. The summed E-state index contributed by atoms with van der Waals surface area (Å²) in [5, 5.41) is 18.0. The predicted molar refractivity (Wildman–Crippen MR) is 148 cm³/mol. The van der Waals surface area contributed by atoms with Crippen molar-refractivity contribution < 1.29 is 9.66 Å². The molecule has 0 fully saturated rings. The lowest BCUT2D eigenvalue weighted by molar-refractivity contribution is -0.383. The average Bonchev–Trinajstić information content (AvgIpc) is 2.87. The van der Waals surface area contributed by atoms with Crippen LogP contribution < -0.4 is 15.4 Å². The molecule has 36 heavy (non-hydrogen) atoms. The quantitative estimate of drug-likeness (QED) is 0.101. The van der Waals surface area contributed by atoms with E-state index >= 15 is 0 Å². The van der Waals surface area contributed by atoms with Crippen molar-refractivity contribution in [3.05, 3.63) is 40.7 Å². The van der Waals surface area contributed by atoms with Gasteiger partial charge < -0.3 is 15.4 Å². The molecule has 0 unspecified atom stereocenters. The molecule has 0 amide bonds. The number of hydrogen-bond acceptors (Lipinski definition) is 7. The first-order valence-electron chi connectivity index (χ1n) is 13.9. The third-order valence-electron chi connectivity index (χ3n) is 6.27. The Morgan fingerprint density at radius 1 is 0.806 bits per heavy atom. The van der Waals surface area contributed by atoms with E-state index < -0.39 is 4.92 Å². The largest absolute Gasteiger partial charge is 0.492 e. The number of nitrogens with one attached hydrogen (secondary N) is 2. The molecular weight excluding hydrogens is 454 g/mol. The summed E-state index contributed by atoms with van der Waals surface area (Å²) in [6.45, 7) is 5.30. The van der Waals surface area contributed by atoms with E-state index in [9.17, 15) is 10.1 Å². The normalized spacial score (nSPS) is 10.8. The van der Waals surface area contributed by atoms with Gasteiger partial charge in [0, 0.05) is 6.54 Å². The summed E-state index contributed by atoms with van der Waals surface area (Å²) in [5.41, 5.74) is 0.466. The van der Waals surface area contributed by atoms with E-state index in [-0.39, 0.29) is 17.3 Å². The van der Waals surface area contributed by atoms with Crippen molar-refractivity contribution in [1.82, 2.24) is 9.97 Å². The van der Waals surface area contributed by atoms with Crippen molar-refractivity contribution in [3.63, 3.8) is 0 Å². The van der Waals surface area contributed by atoms with Gasteiger partial charge in [0.15, 0.2) is 0 Å². The Kier molecular flexibility index (Phi) is 15.0. The van der Waals surface area contributed by atoms with E-state index in [1.807, 2.05) is 25.1 Å². The number of ether oxygens (including phenoxy) is 1. The van der Waals surface area contributed by atoms with Crippen LogP contribution in [-0.2, 0) is 0 Å². The first-order valence-corrected chi connectivity index (χ1v) is 13.9. The standard InChI is InChI=1S/C28H45N5O3/c1-3-5-6-7-8-9-10-11-12-13-14-15-16-19-22-29-27-26(33(34)35)28(31-23-30-27)32-24-20-17-18-21-25(24)36-4-2/h17-18,20-21,23H,3-16,19,22H2,1-2H3,(H2,29,30,31,32). The lowest BCUT2D eigenvalue weighted by Crippen LogP contribution is -2.09. The summed E-state index contributed by atoms with van der Waals surface area (Å²) in [4.78, 5) is 19.6. The number of rotatable bonds is 21. The van der Waals surface area contributed by atoms with E-state index in [0.29, 0.717) is 24.6 Å². The van der Waals surface area contributed by atoms with Crippen LogP contribution in [0.3, 0.4) is 0 Å². The molecule has 0 radical (unpaired) electrons. The predicted octanol–water partition coefficient (Wildman–Crippen LogP) is 8.42. The Bertz CT molecular complexity index is 878. The summed E-state index contributed by atoms with van der Waals surface area (Å²) in [5.74, 6) is 0.997. The van der Waals surface area contributed by atoms with Crippen LogP contribution in [0.2, 0.25) is 0 Å². The van der Waals surface area contributed by atoms with E-state index in [2.05, 4.69) is 27.5 Å². The minimum Gasteiger partial charge on any atom is -0.492 e. The molecule has 0 aliphatic rings. The van der Waals surface area contributed by atoms with Crippen LogP contribution in [0.4, 0.5) is 23.0 Å². The molecule has 0 aliphatic carbocycles. The van der Waals surface area contributed by atoms with Crippen molar-refractivity contribution in [3.8, 4) is 5.75 Å². The number of nitro groups is 1. The van der Waals surface area contributed by atoms with Crippen LogP contribution in [0.1, 0.15) is 104 Å². The molecule has 0 aliphatic heterocycles. The Morgan fingerprint density at radius 2 is 1.36 bits per heavy atom. The van der Waals surface area contributed by atoms with Gasteiger partial charge in [0.05, 0.1) is 17.2 Å². The zero-order valence-corrected chi connectivity index (χ0v) is 22.3. The van der Waals surface area contributed by atoms with Crippen molar-refractivity contribution in [1.29, 1.82) is 0 Å². The lowest BCUT2D eigenvalue weighted by Gasteiger charge is -2.13. The fourth-order valence-corrected chi connectivity index (χ4v) is 4.28. The van der Waals surface area contributed by atoms with E-state index in [0.717, 1.165) is 12.8 Å². The molecule has 1 aromatic carbocycles. The zero-order chi connectivity index (χ0) is 25.8. The third kappa shape index (κ3) is 11.2. The van der Waals surface area contributed by atoms with E-state index in [1.54, 1.807) is 6.07 Å². The van der Waals surface area contributed by atoms with Crippen molar-refractivity contribution in [2.24, 2.45) is 0 Å². The zero-order valence-electron chi connectivity index (χ0n) is 22.3. The average molecular weight is 500 g/mol. The maximum absolute atomic E-state index is 11.8. The Balaban J connectivity index is 1.68. The molecule has 1 heterocycles. The number of unbranched alkanes of at least 4 members (excludes halogenated alkanes) is 13. The molecule has 200 valence electrons. The van der Waals surface area contributed by atoms with Gasteiger partial charge in [-0.1, -0.05) is 103 Å². The summed E-state index contributed by atoms with van der Waals surface area (Å²) < 4.78 is 5.61. The fraction of sp³-hybridized carbons (Fsp3) is 0.643. The topological polar surface area (TPSA) is 102 Å². The summed E-state index contributed by atoms with van der Waals surface area (Å²) >= 11 is 0. The van der Waals surface area contributed by atoms with Crippen molar-refractivity contribution in [2.75, 3.05) is 23.8 Å². The second-order valence-electron chi connectivity index (χ2n) is 9.25. The number of aromatic nitrogens is 2. The highest BCUT2D eigenvalue weighted by Crippen LogP contribution is 2.34. The Labute approximate surface area is 216 Å². The van der Waals surface area contributed by atoms with Crippen molar-refractivity contribution in [2.45, 2.75) is 104 Å². The lowest BCUT2D eigenvalue weighted by atomic mass is 10.0. The van der Waals surface area contributed by atoms with Gasteiger partial charge in [-0.15, -0.1) is 0 Å². The molecule has 0 spiro atoms. The van der Waals surface area contributed by atoms with Crippen LogP contribution in [0.5, 0.6) is 5.75 Å². The SMILES string of the molecule is CCCCCCCCCCCCCCCCNc1ncnc(Nc2ccccc2OCC)c1[N+](=O)[O-]. The van der Waals surface area contributed by atoms with Gasteiger partial charge in [-0.05, 0) is 25.5 Å². The summed E-state index contributed by atoms with van der Waals surface area (Å²) in [6, 6.07) is 7.31. The van der Waals surface area contributed by atoms with Crippen LogP contribution in [-0.4, -0.2) is 28.0 Å². The van der Waals surface area contributed by atoms with Crippen LogP contribution in [0, 0.1) is 10.1 Å². The van der Waals surface area contributed by atoms with Gasteiger partial charge in [0.1, 0.15) is 12.1 Å². The summed E-state index contributed by atoms with van der Waals surface area (Å²) in [7, 11) is 0. The molecular formula is C28H45N5O3. The molecule has 0 bridgehead atoms. The molecule has 2 N–H and O–H groups in total. The number of anilines is 3. The highest BCUT2D eigenvalue weighted by Gasteiger charge is 2.23. The number of para-hydroxylation sites is 2.